The van der Waals surface area contributed by atoms with Crippen LogP contribution in [0, 0.1) is 0 Å². The van der Waals surface area contributed by atoms with Crippen molar-refractivity contribution in [2.75, 3.05) is 6.54 Å². The molecule has 4 N–H and O–H groups in total. The fraction of sp³-hybridized carbons (Fsp3) is 0.800. The molecule has 0 radical (unpaired) electrons. The highest BCUT2D eigenvalue weighted by Gasteiger charge is 2.16. The number of carbonyl (C=O) groups excluding carboxylic acids is 1. The molecule has 1 atom stereocenters. The zero-order valence-corrected chi connectivity index (χ0v) is 10.6. The van der Waals surface area contributed by atoms with Gasteiger partial charge in [0.25, 0.3) is 0 Å². The molecule has 0 unspecified atom stereocenters. The molecule has 0 aliphatic carbocycles. The van der Waals surface area contributed by atoms with Crippen molar-refractivity contribution in [1.82, 2.24) is 5.32 Å². The zero-order chi connectivity index (χ0) is 14.2. The van der Waals surface area contributed by atoms with Crippen LogP contribution in [0.25, 0.3) is 10.4 Å². The predicted molar refractivity (Wildman–Crippen MR) is 65.7 cm³/mol. The molecule has 0 bridgehead atoms. The number of carboxylic acid groups (broad SMARTS) is 1. The Bertz CT molecular complexity index is 349. The van der Waals surface area contributed by atoms with Gasteiger partial charge in [-0.05, 0) is 18.4 Å². The second-order valence-corrected chi connectivity index (χ2v) is 4.59. The van der Waals surface area contributed by atoms with Gasteiger partial charge in [0.2, 0.25) is 5.91 Å². The van der Waals surface area contributed by atoms with Gasteiger partial charge in [-0.2, -0.15) is 0 Å². The van der Waals surface area contributed by atoms with Gasteiger partial charge in [-0.1, -0.05) is 19.0 Å². The zero-order valence-electron chi connectivity index (χ0n) is 10.6. The maximum Gasteiger partial charge on any atom is 0.320 e. The highest BCUT2D eigenvalue weighted by Crippen LogP contribution is 2.13. The first kappa shape index (κ1) is 16.2. The smallest absolute Gasteiger partial charge is 0.320 e. The lowest BCUT2D eigenvalue weighted by molar-refractivity contribution is -0.138. The topological polar surface area (TPSA) is 141 Å². The molecule has 0 aliphatic heterocycles. The third-order valence-corrected chi connectivity index (χ3v) is 2.37. The van der Waals surface area contributed by atoms with E-state index in [1.807, 2.05) is 0 Å². The third kappa shape index (κ3) is 7.48. The normalized spacial score (nSPS) is 12.4. The van der Waals surface area contributed by atoms with Crippen LogP contribution in [-0.2, 0) is 9.59 Å². The molecule has 0 aromatic heterocycles. The minimum absolute atomic E-state index is 0.0649. The van der Waals surface area contributed by atoms with Crippen molar-refractivity contribution in [2.45, 2.75) is 44.7 Å². The second-order valence-electron chi connectivity index (χ2n) is 4.59. The summed E-state index contributed by atoms with van der Waals surface area (Å²) in [5.41, 5.74) is 13.0. The lowest BCUT2D eigenvalue weighted by atomic mass is 10.0. The minimum atomic E-state index is -1.12. The summed E-state index contributed by atoms with van der Waals surface area (Å²) in [6.07, 6.45) is 0.671. The van der Waals surface area contributed by atoms with Gasteiger partial charge in [0.15, 0.2) is 0 Å². The summed E-state index contributed by atoms with van der Waals surface area (Å²) in [4.78, 5) is 24.5. The molecule has 1 amide bonds. The van der Waals surface area contributed by atoms with Gasteiger partial charge in [-0.25, -0.2) is 0 Å². The molecule has 102 valence electrons. The highest BCUT2D eigenvalue weighted by molar-refractivity contribution is 5.78. The average molecular weight is 257 g/mol. The molecule has 8 nitrogen and oxygen atoms in total. The van der Waals surface area contributed by atoms with Gasteiger partial charge >= 0.3 is 5.97 Å². The number of amides is 1. The maximum absolute atomic E-state index is 11.4. The first-order valence-corrected chi connectivity index (χ1v) is 5.60. The van der Waals surface area contributed by atoms with E-state index in [0.29, 0.717) is 13.0 Å². The van der Waals surface area contributed by atoms with E-state index >= 15 is 0 Å². The predicted octanol–water partition coefficient (Wildman–Crippen LogP) is 0.774. The van der Waals surface area contributed by atoms with Crippen molar-refractivity contribution in [3.05, 3.63) is 10.4 Å². The molecule has 0 aromatic carbocycles. The number of carbonyl (C=O) groups is 2. The summed E-state index contributed by atoms with van der Waals surface area (Å²) < 4.78 is 0. The Hall–Kier alpha value is -1.79. The summed E-state index contributed by atoms with van der Waals surface area (Å²) in [5, 5.41) is 14.7. The molecule has 0 saturated heterocycles. The summed E-state index contributed by atoms with van der Waals surface area (Å²) in [5.74, 6) is -1.38. The molecule has 0 spiro atoms. The number of carboxylic acids is 1. The van der Waals surface area contributed by atoms with Crippen LogP contribution in [-0.4, -0.2) is 35.1 Å². The number of aliphatic carboxylic acids is 1. The van der Waals surface area contributed by atoms with Crippen LogP contribution in [0.3, 0.4) is 0 Å². The van der Waals surface area contributed by atoms with Crippen molar-refractivity contribution in [3.63, 3.8) is 0 Å². The van der Waals surface area contributed by atoms with E-state index in [-0.39, 0.29) is 18.7 Å². The summed E-state index contributed by atoms with van der Waals surface area (Å²) in [6, 6.07) is -1.02. The number of azide groups is 1. The first-order chi connectivity index (χ1) is 8.28. The van der Waals surface area contributed by atoms with Crippen LogP contribution in [0.2, 0.25) is 0 Å². The molecular formula is C10H19N5O3. The Kier molecular flexibility index (Phi) is 6.77. The van der Waals surface area contributed by atoms with E-state index in [0.717, 1.165) is 0 Å². The van der Waals surface area contributed by atoms with Crippen LogP contribution in [0.1, 0.15) is 33.1 Å². The van der Waals surface area contributed by atoms with Gasteiger partial charge < -0.3 is 16.2 Å². The van der Waals surface area contributed by atoms with Gasteiger partial charge in [-0.15, -0.1) is 0 Å². The Morgan fingerprint density at radius 1 is 1.56 bits per heavy atom. The maximum atomic E-state index is 11.4. The van der Waals surface area contributed by atoms with Gasteiger partial charge in [-0.3, -0.25) is 9.59 Å². The number of nitrogens with one attached hydrogen (secondary N) is 1. The van der Waals surface area contributed by atoms with Crippen LogP contribution in [0.15, 0.2) is 5.11 Å². The number of nitrogens with two attached hydrogens (primary N) is 1. The molecule has 0 saturated carbocycles. The number of nitrogens with zero attached hydrogens (tertiary/aromatic N) is 3. The Labute approximate surface area is 105 Å². The molecule has 8 heteroatoms. The van der Waals surface area contributed by atoms with Crippen molar-refractivity contribution < 1.29 is 14.7 Å². The van der Waals surface area contributed by atoms with E-state index in [1.54, 1.807) is 13.8 Å². The first-order valence-electron chi connectivity index (χ1n) is 5.60. The Balaban J connectivity index is 3.85. The van der Waals surface area contributed by atoms with E-state index in [4.69, 9.17) is 16.4 Å². The van der Waals surface area contributed by atoms with Crippen molar-refractivity contribution >= 4 is 11.9 Å². The fourth-order valence-corrected chi connectivity index (χ4v) is 1.18. The monoisotopic (exact) mass is 257 g/mol. The number of rotatable bonds is 8. The lowest BCUT2D eigenvalue weighted by Gasteiger charge is -2.17. The van der Waals surface area contributed by atoms with Crippen molar-refractivity contribution in [3.8, 4) is 0 Å². The Morgan fingerprint density at radius 3 is 2.67 bits per heavy atom. The molecule has 0 aliphatic rings. The summed E-state index contributed by atoms with van der Waals surface area (Å²) >= 11 is 0. The third-order valence-electron chi connectivity index (χ3n) is 2.37. The molecule has 0 aromatic rings. The molecule has 18 heavy (non-hydrogen) atoms. The molecule has 0 fully saturated rings. The number of hydrogen-bond acceptors (Lipinski definition) is 4. The minimum Gasteiger partial charge on any atom is -0.480 e. The SMILES string of the molecule is CC(C)(CCNC(=O)CC[C@H](N)C(=O)O)N=[N+]=[N-]. The molecule has 0 rings (SSSR count). The van der Waals surface area contributed by atoms with Crippen LogP contribution >= 0.6 is 0 Å². The lowest BCUT2D eigenvalue weighted by Crippen LogP contribution is -2.34. The van der Waals surface area contributed by atoms with Crippen LogP contribution < -0.4 is 11.1 Å². The fourth-order valence-electron chi connectivity index (χ4n) is 1.18. The standard InChI is InChI=1S/C10H19N5O3/c1-10(2,14-15-12)5-6-13-8(16)4-3-7(11)9(17)18/h7H,3-6,11H2,1-2H3,(H,13,16)(H,17,18)/t7-/m0/s1. The van der Waals surface area contributed by atoms with Crippen molar-refractivity contribution in [2.24, 2.45) is 10.8 Å². The number of hydrogen-bond donors (Lipinski definition) is 3. The summed E-state index contributed by atoms with van der Waals surface area (Å²) in [7, 11) is 0. The second kappa shape index (κ2) is 7.52. The largest absolute Gasteiger partial charge is 0.480 e. The summed E-state index contributed by atoms with van der Waals surface area (Å²) in [6.45, 7) is 3.89. The van der Waals surface area contributed by atoms with E-state index in [9.17, 15) is 9.59 Å². The Morgan fingerprint density at radius 2 is 2.17 bits per heavy atom. The van der Waals surface area contributed by atoms with Gasteiger partial charge in [0, 0.05) is 23.4 Å². The average Bonchev–Trinajstić information content (AvgIpc) is 2.25. The molecule has 0 heterocycles. The van der Waals surface area contributed by atoms with E-state index < -0.39 is 17.6 Å². The van der Waals surface area contributed by atoms with Crippen LogP contribution in [0.4, 0.5) is 0 Å². The molecular weight excluding hydrogens is 238 g/mol. The van der Waals surface area contributed by atoms with Crippen LogP contribution in [0.5, 0.6) is 0 Å². The quantitative estimate of drug-likeness (QED) is 0.335. The van der Waals surface area contributed by atoms with E-state index in [1.165, 1.54) is 0 Å². The van der Waals surface area contributed by atoms with E-state index in [2.05, 4.69) is 15.3 Å². The van der Waals surface area contributed by atoms with Gasteiger partial charge in [0.05, 0.1) is 0 Å². The van der Waals surface area contributed by atoms with Gasteiger partial charge in [0.1, 0.15) is 6.04 Å². The van der Waals surface area contributed by atoms with Crippen molar-refractivity contribution in [1.29, 1.82) is 0 Å². The highest BCUT2D eigenvalue weighted by atomic mass is 16.4.